The minimum atomic E-state index is 0.131. The summed E-state index contributed by atoms with van der Waals surface area (Å²) in [5.74, 6) is 0.954. The van der Waals surface area contributed by atoms with E-state index in [1.807, 2.05) is 18.2 Å². The zero-order valence-corrected chi connectivity index (χ0v) is 12.3. The van der Waals surface area contributed by atoms with Crippen LogP contribution in [0.1, 0.15) is 32.6 Å². The fourth-order valence-electron chi connectivity index (χ4n) is 2.54. The van der Waals surface area contributed by atoms with Crippen molar-refractivity contribution in [1.29, 1.82) is 0 Å². The molecule has 0 saturated carbocycles. The summed E-state index contributed by atoms with van der Waals surface area (Å²) in [6.45, 7) is 8.24. The Labute approximate surface area is 115 Å². The number of hydrogen-bond donors (Lipinski definition) is 1. The summed E-state index contributed by atoms with van der Waals surface area (Å²) in [6.07, 6.45) is 0. The maximum Gasteiger partial charge on any atom is 0.134 e. The van der Waals surface area contributed by atoms with Crippen molar-refractivity contribution in [1.82, 2.24) is 4.90 Å². The van der Waals surface area contributed by atoms with Gasteiger partial charge in [0.15, 0.2) is 0 Å². The summed E-state index contributed by atoms with van der Waals surface area (Å²) < 4.78 is 5.94. The Balaban J connectivity index is 2.25. The molecule has 1 aromatic heterocycles. The Kier molecular flexibility index (Phi) is 3.97. The zero-order valence-electron chi connectivity index (χ0n) is 12.3. The highest BCUT2D eigenvalue weighted by molar-refractivity contribution is 5.77. The number of nitrogens with zero attached hydrogens (tertiary/aromatic N) is 1. The van der Waals surface area contributed by atoms with Crippen molar-refractivity contribution in [3.05, 3.63) is 36.1 Å². The van der Waals surface area contributed by atoms with Gasteiger partial charge < -0.3 is 10.2 Å². The van der Waals surface area contributed by atoms with Crippen LogP contribution in [0.25, 0.3) is 11.0 Å². The molecule has 1 atom stereocenters. The summed E-state index contributed by atoms with van der Waals surface area (Å²) in [6, 6.07) is 10.3. The van der Waals surface area contributed by atoms with Crippen molar-refractivity contribution in [2.24, 2.45) is 11.1 Å². The number of nitrogens with two attached hydrogens (primary N) is 1. The van der Waals surface area contributed by atoms with Gasteiger partial charge in [0.2, 0.25) is 0 Å². The first-order valence-corrected chi connectivity index (χ1v) is 6.79. The lowest BCUT2D eigenvalue weighted by Crippen LogP contribution is -2.36. The summed E-state index contributed by atoms with van der Waals surface area (Å²) in [5.41, 5.74) is 7.12. The van der Waals surface area contributed by atoms with Crippen LogP contribution in [0.5, 0.6) is 0 Å². The van der Waals surface area contributed by atoms with E-state index < -0.39 is 0 Å². The minimum Gasteiger partial charge on any atom is -0.459 e. The van der Waals surface area contributed by atoms with E-state index in [4.69, 9.17) is 10.2 Å². The first-order valence-electron chi connectivity index (χ1n) is 6.79. The van der Waals surface area contributed by atoms with Gasteiger partial charge in [-0.2, -0.15) is 0 Å². The van der Waals surface area contributed by atoms with Gasteiger partial charge in [-0.15, -0.1) is 0 Å². The molecule has 0 aliphatic rings. The Morgan fingerprint density at radius 3 is 2.53 bits per heavy atom. The molecule has 2 N–H and O–H groups in total. The van der Waals surface area contributed by atoms with Gasteiger partial charge in [0.25, 0.3) is 0 Å². The normalized spacial score (nSPS) is 14.2. The SMILES string of the molecule is CN(CC(C)(C)C)C(CN)c1cc2ccccc2o1. The van der Waals surface area contributed by atoms with Gasteiger partial charge >= 0.3 is 0 Å². The van der Waals surface area contributed by atoms with Crippen molar-refractivity contribution in [2.75, 3.05) is 20.1 Å². The molecule has 1 aromatic carbocycles. The summed E-state index contributed by atoms with van der Waals surface area (Å²) in [7, 11) is 2.11. The van der Waals surface area contributed by atoms with Crippen LogP contribution >= 0.6 is 0 Å². The predicted octanol–water partition coefficient (Wildman–Crippen LogP) is 3.41. The first kappa shape index (κ1) is 14.1. The number of hydrogen-bond acceptors (Lipinski definition) is 3. The molecule has 3 nitrogen and oxygen atoms in total. The molecule has 0 aliphatic carbocycles. The Morgan fingerprint density at radius 2 is 1.95 bits per heavy atom. The van der Waals surface area contributed by atoms with Gasteiger partial charge in [0.05, 0.1) is 6.04 Å². The van der Waals surface area contributed by atoms with E-state index in [2.05, 4.69) is 44.9 Å². The van der Waals surface area contributed by atoms with Gasteiger partial charge in [0, 0.05) is 18.5 Å². The zero-order chi connectivity index (χ0) is 14.0. The third-order valence-corrected chi connectivity index (χ3v) is 3.25. The van der Waals surface area contributed by atoms with Gasteiger partial charge in [-0.3, -0.25) is 4.90 Å². The maximum absolute atomic E-state index is 5.94. The lowest BCUT2D eigenvalue weighted by molar-refractivity contribution is 0.161. The molecular weight excluding hydrogens is 236 g/mol. The van der Waals surface area contributed by atoms with E-state index in [-0.39, 0.29) is 11.5 Å². The Bertz CT molecular complexity index is 506. The van der Waals surface area contributed by atoms with Gasteiger partial charge in [0.1, 0.15) is 11.3 Å². The Hall–Kier alpha value is -1.32. The van der Waals surface area contributed by atoms with Crippen LogP contribution < -0.4 is 5.73 Å². The highest BCUT2D eigenvalue weighted by Crippen LogP contribution is 2.28. The number of fused-ring (bicyclic) bond motifs is 1. The third-order valence-electron chi connectivity index (χ3n) is 3.25. The highest BCUT2D eigenvalue weighted by atomic mass is 16.3. The fraction of sp³-hybridized carbons (Fsp3) is 0.500. The molecule has 19 heavy (non-hydrogen) atoms. The summed E-state index contributed by atoms with van der Waals surface area (Å²) in [4.78, 5) is 2.28. The molecule has 0 radical (unpaired) electrons. The van der Waals surface area contributed by atoms with Gasteiger partial charge in [-0.05, 0) is 24.6 Å². The largest absolute Gasteiger partial charge is 0.459 e. The fourth-order valence-corrected chi connectivity index (χ4v) is 2.54. The third kappa shape index (κ3) is 3.37. The topological polar surface area (TPSA) is 42.4 Å². The van der Waals surface area contributed by atoms with Crippen LogP contribution in [0.4, 0.5) is 0 Å². The predicted molar refractivity (Wildman–Crippen MR) is 80.1 cm³/mol. The van der Waals surface area contributed by atoms with Crippen molar-refractivity contribution in [2.45, 2.75) is 26.8 Å². The average molecular weight is 260 g/mol. The van der Waals surface area contributed by atoms with Crippen LogP contribution in [0.3, 0.4) is 0 Å². The van der Waals surface area contributed by atoms with Gasteiger partial charge in [-0.25, -0.2) is 0 Å². The number of furan rings is 1. The second-order valence-electron chi connectivity index (χ2n) is 6.41. The standard InChI is InChI=1S/C16H24N2O/c1-16(2,3)11-18(4)13(10-17)15-9-12-7-5-6-8-14(12)19-15/h5-9,13H,10-11,17H2,1-4H3. The van der Waals surface area contributed by atoms with Crippen molar-refractivity contribution < 1.29 is 4.42 Å². The van der Waals surface area contributed by atoms with Crippen molar-refractivity contribution in [3.63, 3.8) is 0 Å². The maximum atomic E-state index is 5.94. The van der Waals surface area contributed by atoms with E-state index in [0.717, 1.165) is 23.3 Å². The molecule has 2 aromatic rings. The van der Waals surface area contributed by atoms with Crippen LogP contribution in [-0.2, 0) is 0 Å². The lowest BCUT2D eigenvalue weighted by Gasteiger charge is -2.31. The molecule has 104 valence electrons. The minimum absolute atomic E-state index is 0.131. The highest BCUT2D eigenvalue weighted by Gasteiger charge is 2.23. The van der Waals surface area contributed by atoms with Crippen molar-refractivity contribution in [3.8, 4) is 0 Å². The van der Waals surface area contributed by atoms with E-state index in [9.17, 15) is 0 Å². The molecule has 0 spiro atoms. The summed E-state index contributed by atoms with van der Waals surface area (Å²) in [5, 5.41) is 1.14. The molecule has 1 heterocycles. The van der Waals surface area contributed by atoms with Crippen molar-refractivity contribution >= 4 is 11.0 Å². The molecule has 1 unspecified atom stereocenters. The van der Waals surface area contributed by atoms with Crippen LogP contribution in [0.2, 0.25) is 0 Å². The molecule has 0 bridgehead atoms. The summed E-state index contributed by atoms with van der Waals surface area (Å²) >= 11 is 0. The second kappa shape index (κ2) is 5.35. The Morgan fingerprint density at radius 1 is 1.26 bits per heavy atom. The van der Waals surface area contributed by atoms with E-state index >= 15 is 0 Å². The molecular formula is C16H24N2O. The second-order valence-corrected chi connectivity index (χ2v) is 6.41. The van der Waals surface area contributed by atoms with Crippen LogP contribution in [0.15, 0.2) is 34.7 Å². The van der Waals surface area contributed by atoms with E-state index in [1.165, 1.54) is 0 Å². The number of benzene rings is 1. The number of para-hydroxylation sites is 1. The average Bonchev–Trinajstić information content (AvgIpc) is 2.70. The van der Waals surface area contributed by atoms with Crippen LogP contribution in [-0.4, -0.2) is 25.0 Å². The lowest BCUT2D eigenvalue weighted by atomic mass is 9.95. The molecule has 0 saturated heterocycles. The molecule has 3 heteroatoms. The van der Waals surface area contributed by atoms with E-state index in [1.54, 1.807) is 0 Å². The first-order chi connectivity index (χ1) is 8.90. The molecule has 0 fully saturated rings. The molecule has 0 amide bonds. The number of likely N-dealkylation sites (N-methyl/N-ethyl adjacent to an activating group) is 1. The smallest absolute Gasteiger partial charge is 0.134 e. The van der Waals surface area contributed by atoms with E-state index in [0.29, 0.717) is 6.54 Å². The molecule has 0 aliphatic heterocycles. The van der Waals surface area contributed by atoms with Crippen LogP contribution in [0, 0.1) is 5.41 Å². The number of rotatable bonds is 4. The monoisotopic (exact) mass is 260 g/mol. The quantitative estimate of drug-likeness (QED) is 0.916. The van der Waals surface area contributed by atoms with Gasteiger partial charge in [-0.1, -0.05) is 39.0 Å². The molecule has 2 rings (SSSR count).